The number of carboxylic acids is 1. The fourth-order valence-corrected chi connectivity index (χ4v) is 6.40. The van der Waals surface area contributed by atoms with Crippen molar-refractivity contribution in [2.45, 2.75) is 86.4 Å². The van der Waals surface area contributed by atoms with Crippen molar-refractivity contribution < 1.29 is 89.5 Å². The molecule has 0 spiro atoms. The van der Waals surface area contributed by atoms with Crippen LogP contribution in [0.25, 0.3) is 22.3 Å². The van der Waals surface area contributed by atoms with E-state index in [-0.39, 0.29) is 17.1 Å². The van der Waals surface area contributed by atoms with Gasteiger partial charge in [0.2, 0.25) is 0 Å². The minimum atomic E-state index is -2.18. The number of hydrogen-bond donors (Lipinski definition) is 12. The summed E-state index contributed by atoms with van der Waals surface area (Å²) in [6, 6.07) is 6.09. The van der Waals surface area contributed by atoms with E-state index in [9.17, 15) is 70.6 Å². The molecule has 5 rings (SSSR count). The van der Waals surface area contributed by atoms with Crippen molar-refractivity contribution in [3.63, 3.8) is 0 Å². The topological polar surface area (TPSA) is 335 Å². The summed E-state index contributed by atoms with van der Waals surface area (Å²) in [6.45, 7) is -0.906. The molecule has 2 aromatic carbocycles. The molecule has 0 saturated carbocycles. The van der Waals surface area contributed by atoms with Gasteiger partial charge in [0.1, 0.15) is 83.3 Å². The zero-order valence-electron chi connectivity index (χ0n) is 27.2. The molecule has 12 N–H and O–H groups in total. The van der Waals surface area contributed by atoms with Crippen LogP contribution < -0.4 is 5.43 Å². The molecule has 2 aliphatic heterocycles. The van der Waals surface area contributed by atoms with E-state index in [1.54, 1.807) is 0 Å². The van der Waals surface area contributed by atoms with Gasteiger partial charge in [-0.1, -0.05) is 0 Å². The second kappa shape index (κ2) is 14.9. The van der Waals surface area contributed by atoms with Gasteiger partial charge in [-0.05, 0) is 31.2 Å². The number of aliphatic carboxylic acids is 1. The molecular weight excluding hydrogens is 700 g/mol. The number of aliphatic hydroxyl groups excluding tert-OH is 7. The molecule has 2 aliphatic rings. The molecule has 11 atom stereocenters. The van der Waals surface area contributed by atoms with Crippen molar-refractivity contribution >= 4 is 22.9 Å². The molecule has 0 radical (unpaired) electrons. The van der Waals surface area contributed by atoms with Gasteiger partial charge in [-0.2, -0.15) is 0 Å². The van der Waals surface area contributed by atoms with E-state index in [2.05, 4.69) is 0 Å². The van der Waals surface area contributed by atoms with Crippen LogP contribution in [0.2, 0.25) is 0 Å². The lowest BCUT2D eigenvalue weighted by Gasteiger charge is -2.43. The molecule has 2 saturated heterocycles. The van der Waals surface area contributed by atoms with Gasteiger partial charge in [0.25, 0.3) is 0 Å². The lowest BCUT2D eigenvalue weighted by atomic mass is 9.85. The summed E-state index contributed by atoms with van der Waals surface area (Å²) in [5.74, 6) is -5.42. The average molecular weight is 739 g/mol. The van der Waals surface area contributed by atoms with E-state index < -0.39 is 144 Å². The summed E-state index contributed by atoms with van der Waals surface area (Å²) in [4.78, 5) is 38.1. The molecule has 1 aromatic heterocycles. The number of carbonyl (C=O) groups excluding carboxylic acids is 1. The molecule has 3 heterocycles. The zero-order valence-corrected chi connectivity index (χ0v) is 27.2. The van der Waals surface area contributed by atoms with Crippen LogP contribution >= 0.6 is 0 Å². The van der Waals surface area contributed by atoms with E-state index in [0.717, 1.165) is 13.0 Å². The number of phenols is 3. The molecule has 0 bridgehead atoms. The lowest BCUT2D eigenvalue weighted by molar-refractivity contribution is -0.242. The summed E-state index contributed by atoms with van der Waals surface area (Å²) in [7, 11) is 0. The molecule has 19 heteroatoms. The van der Waals surface area contributed by atoms with E-state index in [1.165, 1.54) is 24.3 Å². The lowest BCUT2D eigenvalue weighted by Crippen LogP contribution is -2.57. The third-order valence-corrected chi connectivity index (χ3v) is 9.00. The Morgan fingerprint density at radius 2 is 1.37 bits per heavy atom. The monoisotopic (exact) mass is 738 g/mol. The zero-order chi connectivity index (χ0) is 38.4. The number of carbonyl (C=O) groups is 2. The van der Waals surface area contributed by atoms with Crippen molar-refractivity contribution in [3.05, 3.63) is 51.7 Å². The van der Waals surface area contributed by atoms with E-state index in [4.69, 9.17) is 23.7 Å². The highest BCUT2D eigenvalue weighted by Gasteiger charge is 2.52. The first-order chi connectivity index (χ1) is 24.4. The molecule has 3 aromatic rings. The van der Waals surface area contributed by atoms with Gasteiger partial charge < -0.3 is 79.9 Å². The second-order valence-corrected chi connectivity index (χ2v) is 13.0. The van der Waals surface area contributed by atoms with Gasteiger partial charge in [-0.15, -0.1) is 0 Å². The number of esters is 1. The average Bonchev–Trinajstić information content (AvgIpc) is 3.06. The summed E-state index contributed by atoms with van der Waals surface area (Å²) < 4.78 is 22.8. The van der Waals surface area contributed by atoms with Crippen LogP contribution in [0.5, 0.6) is 17.2 Å². The van der Waals surface area contributed by atoms with Crippen LogP contribution in [0, 0.1) is 0 Å². The van der Waals surface area contributed by atoms with E-state index >= 15 is 0 Å². The first-order valence-corrected chi connectivity index (χ1v) is 15.8. The largest absolute Gasteiger partial charge is 0.508 e. The third-order valence-electron chi connectivity index (χ3n) is 9.00. The maximum atomic E-state index is 13.8. The predicted octanol–water partition coefficient (Wildman–Crippen LogP) is -2.23. The van der Waals surface area contributed by atoms with E-state index in [1.807, 2.05) is 0 Å². The van der Waals surface area contributed by atoms with Crippen molar-refractivity contribution in [2.75, 3.05) is 13.2 Å². The smallest absolute Gasteiger partial charge is 0.309 e. The first kappa shape index (κ1) is 38.8. The van der Waals surface area contributed by atoms with Crippen molar-refractivity contribution in [1.82, 2.24) is 0 Å². The Labute approximate surface area is 292 Å². The standard InChI is InChI=1S/C33H38O19/c1-33(48,7-17(38)39)8-18(40)52-32-27(46)23(42)16(10-35)51-31(32)21-25(44)20(30-28(47)26(45)22(41)15(9-34)50-30)24(43)19-13(37)6-14(49-29(19)21)11-2-4-12(36)5-3-11/h2-6,15-16,22-23,26-28,30-32,34-36,41-48H,7-10H2,1H3,(H,38,39)/t15-,16-,22-,23-,26+,27+,28-,30+,31+,32-,33?/m1/s1. The van der Waals surface area contributed by atoms with Gasteiger partial charge >= 0.3 is 11.9 Å². The number of aliphatic hydroxyl groups is 8. The number of aromatic hydroxyl groups is 3. The number of fused-ring (bicyclic) bond motifs is 1. The minimum absolute atomic E-state index is 0.155. The molecule has 2 fully saturated rings. The third kappa shape index (κ3) is 7.28. The fraction of sp³-hybridized carbons (Fsp3) is 0.485. The molecule has 19 nitrogen and oxygen atoms in total. The maximum Gasteiger partial charge on any atom is 0.309 e. The maximum absolute atomic E-state index is 13.8. The van der Waals surface area contributed by atoms with Crippen LogP contribution in [0.3, 0.4) is 0 Å². The number of ether oxygens (including phenoxy) is 3. The molecule has 52 heavy (non-hydrogen) atoms. The van der Waals surface area contributed by atoms with Crippen LogP contribution in [-0.2, 0) is 23.8 Å². The Morgan fingerprint density at radius 1 is 0.788 bits per heavy atom. The minimum Gasteiger partial charge on any atom is -0.508 e. The number of benzene rings is 2. The number of phenolic OH excluding ortho intramolecular Hbond substituents is 3. The van der Waals surface area contributed by atoms with Crippen molar-refractivity contribution in [3.8, 4) is 28.6 Å². The van der Waals surface area contributed by atoms with Crippen LogP contribution in [0.15, 0.2) is 39.5 Å². The van der Waals surface area contributed by atoms with Crippen LogP contribution in [0.1, 0.15) is 43.1 Å². The highest BCUT2D eigenvalue weighted by Crippen LogP contribution is 2.51. The number of rotatable bonds is 10. The number of hydrogen-bond acceptors (Lipinski definition) is 18. The Kier molecular flexibility index (Phi) is 11.1. The first-order valence-electron chi connectivity index (χ1n) is 15.8. The molecular formula is C33H38O19. The molecule has 284 valence electrons. The summed E-state index contributed by atoms with van der Waals surface area (Å²) in [5.41, 5.74) is -5.25. The highest BCUT2D eigenvalue weighted by atomic mass is 16.6. The van der Waals surface area contributed by atoms with E-state index in [0.29, 0.717) is 0 Å². The summed E-state index contributed by atoms with van der Waals surface area (Å²) in [5, 5.41) is 126. The number of carboxylic acid groups (broad SMARTS) is 1. The van der Waals surface area contributed by atoms with Gasteiger partial charge in [-0.3, -0.25) is 14.4 Å². The van der Waals surface area contributed by atoms with Crippen LogP contribution in [0.4, 0.5) is 0 Å². The molecule has 0 amide bonds. The normalized spacial score (nSPS) is 30.5. The van der Waals surface area contributed by atoms with Crippen LogP contribution in [-0.4, -0.2) is 141 Å². The Balaban J connectivity index is 1.78. The summed E-state index contributed by atoms with van der Waals surface area (Å²) >= 11 is 0. The van der Waals surface area contributed by atoms with Gasteiger partial charge in [0.15, 0.2) is 17.1 Å². The Bertz CT molecular complexity index is 1850. The van der Waals surface area contributed by atoms with Gasteiger partial charge in [-0.25, -0.2) is 0 Å². The van der Waals surface area contributed by atoms with Gasteiger partial charge in [0.05, 0.1) is 42.8 Å². The quantitative estimate of drug-likeness (QED) is 0.0979. The fourth-order valence-electron chi connectivity index (χ4n) is 6.40. The summed E-state index contributed by atoms with van der Waals surface area (Å²) in [6.07, 6.45) is -21.5. The van der Waals surface area contributed by atoms with Gasteiger partial charge in [0, 0.05) is 11.6 Å². The second-order valence-electron chi connectivity index (χ2n) is 13.0. The Hall–Kier alpha value is -4.41. The van der Waals surface area contributed by atoms with Crippen molar-refractivity contribution in [2.24, 2.45) is 0 Å². The predicted molar refractivity (Wildman–Crippen MR) is 170 cm³/mol. The van der Waals surface area contributed by atoms with Crippen molar-refractivity contribution in [1.29, 1.82) is 0 Å². The Morgan fingerprint density at radius 3 is 1.94 bits per heavy atom. The molecule has 1 unspecified atom stereocenters. The SMILES string of the molecule is CC(O)(CC(=O)O)CC(=O)O[C@@H]1[C@@H](O)[C@H](O)[C@@H](CO)O[C@H]1c1c(O)c([C@@H]2O[C@H](CO)[C@@H](O)[C@H](O)[C@H]2O)c(O)c2c(=O)cc(-c3ccc(O)cc3)oc12. The highest BCUT2D eigenvalue weighted by molar-refractivity contribution is 5.92. The molecule has 0 aliphatic carbocycles.